The number of piperidine rings is 1. The molecule has 2 unspecified atom stereocenters. The number of hydrogen-bond acceptors (Lipinski definition) is 8. The average Bonchev–Trinajstić information content (AvgIpc) is 3.49. The number of likely N-dealkylation sites (tertiary alicyclic amines) is 1. The number of aromatic nitrogens is 5. The number of aliphatic hydroxyl groups is 1. The number of amides is 1. The van der Waals surface area contributed by atoms with Gasteiger partial charge < -0.3 is 15.3 Å². The minimum atomic E-state index is -0.645. The number of carbonyl (C=O) groups excluding carboxylic acids is 1. The number of aliphatic hydroxyl groups excluding tert-OH is 1. The maximum absolute atomic E-state index is 13.1. The Bertz CT molecular complexity index is 1430. The van der Waals surface area contributed by atoms with Crippen LogP contribution in [-0.4, -0.2) is 71.4 Å². The zero-order chi connectivity index (χ0) is 24.8. The first kappa shape index (κ1) is 22.6. The largest absolute Gasteiger partial charge is 0.390 e. The van der Waals surface area contributed by atoms with E-state index >= 15 is 0 Å². The van der Waals surface area contributed by atoms with E-state index in [1.54, 1.807) is 23.1 Å². The molecule has 2 aromatic carbocycles. The van der Waals surface area contributed by atoms with Gasteiger partial charge in [0.2, 0.25) is 5.95 Å². The first-order valence-corrected chi connectivity index (χ1v) is 12.2. The van der Waals surface area contributed by atoms with Crippen LogP contribution in [0.1, 0.15) is 39.2 Å². The number of nitrogens with zero attached hydrogens (tertiary/aromatic N) is 6. The standard InChI is InChI=1S/C26H28N8O2/c1-15-7-16(2)9-19(8-15)28-26-27-11-18-12-34(13-22(18)29-26)23-5-6-33(14-24(23)35)25(36)17-3-4-20-21(10-17)31-32-30-20/h3-4,7-11,23-24,35H,5-6,12-14H2,1-2H3,(H,27,28,29)(H,30,31,32). The Morgan fingerprint density at radius 2 is 1.97 bits per heavy atom. The van der Waals surface area contributed by atoms with E-state index in [-0.39, 0.29) is 11.9 Å². The van der Waals surface area contributed by atoms with Crippen LogP contribution in [-0.2, 0) is 13.1 Å². The summed E-state index contributed by atoms with van der Waals surface area (Å²) < 4.78 is 0. The van der Waals surface area contributed by atoms with Gasteiger partial charge in [-0.05, 0) is 61.7 Å². The molecule has 0 saturated carbocycles. The highest BCUT2D eigenvalue weighted by atomic mass is 16.3. The number of nitrogens with one attached hydrogen (secondary N) is 2. The van der Waals surface area contributed by atoms with Gasteiger partial charge in [0.25, 0.3) is 5.91 Å². The van der Waals surface area contributed by atoms with E-state index in [9.17, 15) is 9.90 Å². The molecule has 2 aromatic heterocycles. The van der Waals surface area contributed by atoms with Gasteiger partial charge in [0.05, 0.1) is 17.3 Å². The molecule has 3 N–H and O–H groups in total. The molecule has 4 aromatic rings. The lowest BCUT2D eigenvalue weighted by molar-refractivity contribution is -0.0110. The summed E-state index contributed by atoms with van der Waals surface area (Å²) in [5.74, 6) is 0.473. The topological polar surface area (TPSA) is 123 Å². The Kier molecular flexibility index (Phi) is 5.62. The molecular formula is C26H28N8O2. The summed E-state index contributed by atoms with van der Waals surface area (Å²) in [6.45, 7) is 6.35. The van der Waals surface area contributed by atoms with Crippen molar-refractivity contribution in [3.63, 3.8) is 0 Å². The minimum absolute atomic E-state index is 0.0443. The van der Waals surface area contributed by atoms with Crippen molar-refractivity contribution in [2.45, 2.75) is 45.5 Å². The maximum atomic E-state index is 13.1. The fourth-order valence-electron chi connectivity index (χ4n) is 5.34. The van der Waals surface area contributed by atoms with Crippen molar-refractivity contribution in [3.8, 4) is 0 Å². The second-order valence-electron chi connectivity index (χ2n) is 9.79. The van der Waals surface area contributed by atoms with Crippen LogP contribution in [0.3, 0.4) is 0 Å². The van der Waals surface area contributed by atoms with Gasteiger partial charge in [-0.25, -0.2) is 9.97 Å². The number of aromatic amines is 1. The molecule has 0 spiro atoms. The van der Waals surface area contributed by atoms with Crippen LogP contribution in [0.25, 0.3) is 11.0 Å². The highest BCUT2D eigenvalue weighted by Gasteiger charge is 2.37. The van der Waals surface area contributed by atoms with E-state index in [0.29, 0.717) is 49.6 Å². The number of H-pyrrole nitrogens is 1. The summed E-state index contributed by atoms with van der Waals surface area (Å²) in [7, 11) is 0. The van der Waals surface area contributed by atoms with Gasteiger partial charge in [-0.2, -0.15) is 0 Å². The summed E-state index contributed by atoms with van der Waals surface area (Å²) in [5.41, 5.74) is 7.38. The number of β-amino-alcohol motifs (C(OH)–C–C–N with tert-alkyl or cyclic N) is 1. The lowest BCUT2D eigenvalue weighted by atomic mass is 9.99. The number of rotatable bonds is 4. The average molecular weight is 485 g/mol. The van der Waals surface area contributed by atoms with E-state index in [1.165, 1.54) is 11.1 Å². The second kappa shape index (κ2) is 8.96. The van der Waals surface area contributed by atoms with Crippen molar-refractivity contribution >= 4 is 28.6 Å². The van der Waals surface area contributed by atoms with E-state index in [1.807, 2.05) is 6.20 Å². The summed E-state index contributed by atoms with van der Waals surface area (Å²) in [6, 6.07) is 11.5. The van der Waals surface area contributed by atoms with Gasteiger partial charge in [0, 0.05) is 55.2 Å². The lowest BCUT2D eigenvalue weighted by Crippen LogP contribution is -2.54. The van der Waals surface area contributed by atoms with Crippen LogP contribution in [0.2, 0.25) is 0 Å². The third kappa shape index (κ3) is 4.29. The first-order valence-electron chi connectivity index (χ1n) is 12.2. The van der Waals surface area contributed by atoms with Crippen molar-refractivity contribution in [2.24, 2.45) is 0 Å². The number of benzene rings is 2. The molecule has 1 saturated heterocycles. The van der Waals surface area contributed by atoms with E-state index in [2.05, 4.69) is 62.7 Å². The third-order valence-electron chi connectivity index (χ3n) is 7.03. The Morgan fingerprint density at radius 1 is 1.14 bits per heavy atom. The molecule has 0 aliphatic carbocycles. The normalized spacial score (nSPS) is 20.0. The third-order valence-corrected chi connectivity index (χ3v) is 7.03. The lowest BCUT2D eigenvalue weighted by Gasteiger charge is -2.40. The SMILES string of the molecule is Cc1cc(C)cc(Nc2ncc3c(n2)CN(C2CCN(C(=O)c4ccc5[nH]nnc5c4)CC2O)C3)c1. The predicted molar refractivity (Wildman–Crippen MR) is 135 cm³/mol. The zero-order valence-electron chi connectivity index (χ0n) is 20.3. The summed E-state index contributed by atoms with van der Waals surface area (Å²) in [5, 5.41) is 24.9. The molecule has 4 heterocycles. The smallest absolute Gasteiger partial charge is 0.254 e. The second-order valence-corrected chi connectivity index (χ2v) is 9.79. The zero-order valence-corrected chi connectivity index (χ0v) is 20.3. The van der Waals surface area contributed by atoms with E-state index in [0.717, 1.165) is 22.5 Å². The molecule has 184 valence electrons. The fourth-order valence-corrected chi connectivity index (χ4v) is 5.34. The van der Waals surface area contributed by atoms with Crippen molar-refractivity contribution in [3.05, 3.63) is 70.5 Å². The predicted octanol–water partition coefficient (Wildman–Crippen LogP) is 2.70. The van der Waals surface area contributed by atoms with Gasteiger partial charge in [0.15, 0.2) is 0 Å². The highest BCUT2D eigenvalue weighted by Crippen LogP contribution is 2.29. The quantitative estimate of drug-likeness (QED) is 0.404. The molecule has 6 rings (SSSR count). The molecular weight excluding hydrogens is 456 g/mol. The number of hydrogen-bond donors (Lipinski definition) is 3. The van der Waals surface area contributed by atoms with Crippen molar-refractivity contribution in [1.82, 2.24) is 35.2 Å². The molecule has 1 amide bonds. The molecule has 0 radical (unpaired) electrons. The van der Waals surface area contributed by atoms with Crippen LogP contribution >= 0.6 is 0 Å². The van der Waals surface area contributed by atoms with Gasteiger partial charge in [0.1, 0.15) is 5.52 Å². The van der Waals surface area contributed by atoms with Crippen molar-refractivity contribution in [1.29, 1.82) is 0 Å². The summed E-state index contributed by atoms with van der Waals surface area (Å²) in [4.78, 5) is 26.3. The number of fused-ring (bicyclic) bond motifs is 2. The summed E-state index contributed by atoms with van der Waals surface area (Å²) in [6.07, 6.45) is 1.92. The molecule has 2 atom stereocenters. The van der Waals surface area contributed by atoms with Gasteiger partial charge in [-0.3, -0.25) is 14.8 Å². The van der Waals surface area contributed by atoms with Crippen LogP contribution < -0.4 is 5.32 Å². The Morgan fingerprint density at radius 3 is 2.78 bits per heavy atom. The number of anilines is 2. The molecule has 10 nitrogen and oxygen atoms in total. The van der Waals surface area contributed by atoms with Crippen LogP contribution in [0.15, 0.2) is 42.6 Å². The number of carbonyl (C=O) groups is 1. The first-order chi connectivity index (χ1) is 17.4. The minimum Gasteiger partial charge on any atom is -0.390 e. The molecule has 10 heteroatoms. The van der Waals surface area contributed by atoms with Crippen molar-refractivity contribution < 1.29 is 9.90 Å². The summed E-state index contributed by atoms with van der Waals surface area (Å²) >= 11 is 0. The molecule has 2 aliphatic rings. The van der Waals surface area contributed by atoms with E-state index in [4.69, 9.17) is 4.98 Å². The maximum Gasteiger partial charge on any atom is 0.254 e. The van der Waals surface area contributed by atoms with E-state index < -0.39 is 6.10 Å². The molecule has 0 bridgehead atoms. The Labute approximate surface area is 208 Å². The molecule has 1 fully saturated rings. The van der Waals surface area contributed by atoms with Crippen LogP contribution in [0, 0.1) is 13.8 Å². The fraction of sp³-hybridized carbons (Fsp3) is 0.346. The number of aryl methyl sites for hydroxylation is 2. The van der Waals surface area contributed by atoms with Crippen molar-refractivity contribution in [2.75, 3.05) is 18.4 Å². The van der Waals surface area contributed by atoms with Crippen LogP contribution in [0.4, 0.5) is 11.6 Å². The van der Waals surface area contributed by atoms with Gasteiger partial charge in [-0.15, -0.1) is 5.10 Å². The Balaban J connectivity index is 1.11. The molecule has 2 aliphatic heterocycles. The molecule has 36 heavy (non-hydrogen) atoms. The van der Waals surface area contributed by atoms with Crippen LogP contribution in [0.5, 0.6) is 0 Å². The van der Waals surface area contributed by atoms with Gasteiger partial charge >= 0.3 is 0 Å². The monoisotopic (exact) mass is 484 g/mol. The highest BCUT2D eigenvalue weighted by molar-refractivity contribution is 5.97. The van der Waals surface area contributed by atoms with Gasteiger partial charge in [-0.1, -0.05) is 11.3 Å². The Hall–Kier alpha value is -3.89.